The molecule has 1 N–H and O–H groups in total. The first kappa shape index (κ1) is 48.3. The van der Waals surface area contributed by atoms with Gasteiger partial charge in [-0.3, -0.25) is 0 Å². The van der Waals surface area contributed by atoms with Crippen LogP contribution in [0.3, 0.4) is 0 Å². The van der Waals surface area contributed by atoms with E-state index in [0.29, 0.717) is 29.4 Å². The number of hydrogen-bond acceptors (Lipinski definition) is 8. The van der Waals surface area contributed by atoms with Crippen molar-refractivity contribution in [3.8, 4) is 5.75 Å². The van der Waals surface area contributed by atoms with Gasteiger partial charge < -0.3 is 38.0 Å². The van der Waals surface area contributed by atoms with E-state index in [9.17, 15) is 5.11 Å². The minimum atomic E-state index is -2.35. The highest BCUT2D eigenvalue weighted by molar-refractivity contribution is 6.74. The quantitative estimate of drug-likeness (QED) is 0.0758. The number of halogens is 1. The summed E-state index contributed by atoms with van der Waals surface area (Å²) >= 11 is 7.19. The molecule has 6 aromatic rings. The summed E-state index contributed by atoms with van der Waals surface area (Å²) in [4.78, 5) is 0. The highest BCUT2D eigenvalue weighted by atomic mass is 35.5. The molecule has 0 saturated carbocycles. The van der Waals surface area contributed by atoms with Gasteiger partial charge in [0.1, 0.15) is 36.3 Å². The number of hydrogen-bond donors (Lipinski definition) is 1. The van der Waals surface area contributed by atoms with Gasteiger partial charge in [0.15, 0.2) is 8.32 Å². The Hall–Kier alpha value is -4.65. The summed E-state index contributed by atoms with van der Waals surface area (Å²) in [6.07, 6.45) is -4.14. The van der Waals surface area contributed by atoms with E-state index < -0.39 is 44.6 Å². The van der Waals surface area contributed by atoms with E-state index in [2.05, 4.69) is 33.9 Å². The normalized spacial score (nSPS) is 20.6. The lowest BCUT2D eigenvalue weighted by atomic mass is 9.86. The van der Waals surface area contributed by atoms with Gasteiger partial charge in [0.2, 0.25) is 5.79 Å². The van der Waals surface area contributed by atoms with Crippen LogP contribution in [0.4, 0.5) is 0 Å². The van der Waals surface area contributed by atoms with Crippen molar-refractivity contribution in [2.75, 3.05) is 13.2 Å². The topological polar surface area (TPSA) is 84.8 Å². The fraction of sp³-hybridized carbons (Fsp3) is 0.345. The maximum atomic E-state index is 13.7. The second-order valence-electron chi connectivity index (χ2n) is 18.1. The number of benzene rings is 6. The van der Waals surface area contributed by atoms with Crippen LogP contribution in [0.1, 0.15) is 72.7 Å². The van der Waals surface area contributed by atoms with Gasteiger partial charge in [0.25, 0.3) is 0 Å². The standard InChI is InChI=1S/C55H63ClO8Si/c1-7-58-46-31-28-44(29-32-46)50(59-35-40-20-12-8-13-21-40)47-34-45(30-33-48(47)56)55(57)53(62-38-43-26-18-11-19-27-43)52(61-37-42-24-16-10-17-25-42)51(60-36-41-22-14-9-15-23-41)49(64-55)39-63-65(5,6)54(2,3)4/h8-34,49-53,57H,7,35-39H2,1-6H3/t49-,50?,51-,52+,53-,55?/m1/s1. The van der Waals surface area contributed by atoms with Crippen LogP contribution >= 0.6 is 11.6 Å². The van der Waals surface area contributed by atoms with Crippen LogP contribution in [0.5, 0.6) is 5.75 Å². The zero-order valence-corrected chi connectivity index (χ0v) is 40.2. The van der Waals surface area contributed by atoms with Crippen molar-refractivity contribution in [1.29, 1.82) is 0 Å². The number of rotatable bonds is 20. The largest absolute Gasteiger partial charge is 0.494 e. The molecule has 1 aliphatic rings. The molecule has 1 heterocycles. The van der Waals surface area contributed by atoms with Crippen LogP contribution < -0.4 is 4.74 Å². The van der Waals surface area contributed by atoms with Crippen LogP contribution in [0.2, 0.25) is 23.2 Å². The monoisotopic (exact) mass is 914 g/mol. The first-order chi connectivity index (χ1) is 31.3. The van der Waals surface area contributed by atoms with E-state index in [1.807, 2.05) is 159 Å². The van der Waals surface area contributed by atoms with E-state index >= 15 is 0 Å². The van der Waals surface area contributed by atoms with Crippen molar-refractivity contribution in [2.45, 2.75) is 109 Å². The first-order valence-electron chi connectivity index (χ1n) is 22.5. The Morgan fingerprint density at radius 1 is 0.646 bits per heavy atom. The SMILES string of the molecule is CCOc1ccc(C(OCc2ccccc2)c2cc(C3(O)O[C@H](CO[Si](C)(C)C(C)(C)C)[C@@H](OCc4ccccc4)[C@H](OCc4ccccc4)[C@H]3OCc3ccccc3)ccc2Cl)cc1. The third-order valence-electron chi connectivity index (χ3n) is 12.4. The Kier molecular flexibility index (Phi) is 16.5. The van der Waals surface area contributed by atoms with Crippen molar-refractivity contribution >= 4 is 19.9 Å². The average molecular weight is 916 g/mol. The summed E-state index contributed by atoms with van der Waals surface area (Å²) < 4.78 is 47.5. The molecule has 10 heteroatoms. The highest BCUT2D eigenvalue weighted by Crippen LogP contribution is 2.45. The predicted octanol–water partition coefficient (Wildman–Crippen LogP) is 12.4. The molecular weight excluding hydrogens is 852 g/mol. The van der Waals surface area contributed by atoms with Gasteiger partial charge in [-0.05, 0) is 77.1 Å². The fourth-order valence-corrected chi connectivity index (χ4v) is 8.95. The zero-order chi connectivity index (χ0) is 45.9. The van der Waals surface area contributed by atoms with Crippen molar-refractivity contribution < 1.29 is 38.0 Å². The lowest BCUT2D eigenvalue weighted by Crippen LogP contribution is -2.66. The third-order valence-corrected chi connectivity index (χ3v) is 17.3. The lowest BCUT2D eigenvalue weighted by molar-refractivity contribution is -0.377. The fourth-order valence-electron chi connectivity index (χ4n) is 7.72. The molecule has 6 atom stereocenters. The van der Waals surface area contributed by atoms with Gasteiger partial charge in [-0.15, -0.1) is 0 Å². The van der Waals surface area contributed by atoms with E-state index in [1.54, 1.807) is 12.1 Å². The van der Waals surface area contributed by atoms with E-state index in [0.717, 1.165) is 33.6 Å². The molecule has 0 bridgehead atoms. The predicted molar refractivity (Wildman–Crippen MR) is 259 cm³/mol. The molecule has 0 spiro atoms. The molecular formula is C55H63ClO8Si. The molecule has 6 aromatic carbocycles. The number of ether oxygens (including phenoxy) is 6. The molecule has 1 fully saturated rings. The van der Waals surface area contributed by atoms with Gasteiger partial charge in [-0.2, -0.15) is 0 Å². The maximum Gasteiger partial charge on any atom is 0.222 e. The molecule has 8 nitrogen and oxygen atoms in total. The van der Waals surface area contributed by atoms with Crippen molar-refractivity contribution in [1.82, 2.24) is 0 Å². The third kappa shape index (κ3) is 12.4. The second kappa shape index (κ2) is 22.2. The van der Waals surface area contributed by atoms with Gasteiger partial charge in [-0.25, -0.2) is 0 Å². The van der Waals surface area contributed by atoms with E-state index in [1.165, 1.54) is 0 Å². The summed E-state index contributed by atoms with van der Waals surface area (Å²) in [6.45, 7) is 14.6. The Morgan fingerprint density at radius 3 is 1.65 bits per heavy atom. The van der Waals surface area contributed by atoms with Gasteiger partial charge in [0, 0.05) is 16.1 Å². The van der Waals surface area contributed by atoms with E-state index in [-0.39, 0.29) is 31.5 Å². The minimum absolute atomic E-state index is 0.0936. The Labute approximate surface area is 391 Å². The molecule has 1 aliphatic heterocycles. The molecule has 342 valence electrons. The van der Waals surface area contributed by atoms with Crippen molar-refractivity contribution in [3.63, 3.8) is 0 Å². The number of aliphatic hydroxyl groups is 1. The molecule has 0 aliphatic carbocycles. The molecule has 7 rings (SSSR count). The average Bonchev–Trinajstić information content (AvgIpc) is 3.31. The Balaban J connectivity index is 1.35. The van der Waals surface area contributed by atoms with Crippen molar-refractivity contribution in [2.24, 2.45) is 0 Å². The summed E-state index contributed by atoms with van der Waals surface area (Å²) in [5.74, 6) is -1.36. The highest BCUT2D eigenvalue weighted by Gasteiger charge is 2.58. The molecule has 65 heavy (non-hydrogen) atoms. The summed E-state index contributed by atoms with van der Waals surface area (Å²) in [5, 5.41) is 14.0. The summed E-state index contributed by atoms with van der Waals surface area (Å²) in [6, 6.07) is 53.2. The van der Waals surface area contributed by atoms with Gasteiger partial charge in [0.05, 0.1) is 39.6 Å². The molecule has 0 aromatic heterocycles. The first-order valence-corrected chi connectivity index (χ1v) is 25.8. The van der Waals surface area contributed by atoms with Crippen LogP contribution in [0.25, 0.3) is 0 Å². The molecule has 2 unspecified atom stereocenters. The van der Waals surface area contributed by atoms with Crippen LogP contribution in [-0.4, -0.2) is 51.1 Å². The summed E-state index contributed by atoms with van der Waals surface area (Å²) in [5.41, 5.74) is 5.79. The molecule has 1 saturated heterocycles. The van der Waals surface area contributed by atoms with Crippen LogP contribution in [-0.2, 0) is 60.3 Å². The van der Waals surface area contributed by atoms with Gasteiger partial charge >= 0.3 is 0 Å². The molecule has 0 amide bonds. The Morgan fingerprint density at radius 2 is 1.14 bits per heavy atom. The second-order valence-corrected chi connectivity index (χ2v) is 23.3. The maximum absolute atomic E-state index is 13.7. The van der Waals surface area contributed by atoms with E-state index in [4.69, 9.17) is 44.4 Å². The zero-order valence-electron chi connectivity index (χ0n) is 38.4. The molecule has 0 radical (unpaired) electrons. The van der Waals surface area contributed by atoms with Crippen LogP contribution in [0.15, 0.2) is 164 Å². The van der Waals surface area contributed by atoms with Crippen molar-refractivity contribution in [3.05, 3.63) is 208 Å². The van der Waals surface area contributed by atoms with Gasteiger partial charge in [-0.1, -0.05) is 172 Å². The lowest BCUT2D eigenvalue weighted by Gasteiger charge is -2.51. The van der Waals surface area contributed by atoms with Crippen LogP contribution in [0, 0.1) is 0 Å². The minimum Gasteiger partial charge on any atom is -0.494 e. The Bertz CT molecular complexity index is 2350. The smallest absolute Gasteiger partial charge is 0.222 e. The summed E-state index contributed by atoms with van der Waals surface area (Å²) in [7, 11) is -2.35.